The second-order valence-corrected chi connectivity index (χ2v) is 5.42. The molecule has 0 spiro atoms. The van der Waals surface area contributed by atoms with Gasteiger partial charge in [0.1, 0.15) is 17.3 Å². The first kappa shape index (κ1) is 18.3. The normalized spacial score (nSPS) is 11.1. The topological polar surface area (TPSA) is 66.9 Å². The molecular weight excluding hydrogens is 364 g/mol. The molecule has 138 valence electrons. The zero-order chi connectivity index (χ0) is 19.4. The van der Waals surface area contributed by atoms with Crippen molar-refractivity contribution >= 4 is 23.1 Å². The summed E-state index contributed by atoms with van der Waals surface area (Å²) in [7, 11) is 0. The van der Waals surface area contributed by atoms with Crippen LogP contribution in [0.2, 0.25) is 0 Å². The van der Waals surface area contributed by atoms with E-state index in [1.54, 1.807) is 0 Å². The minimum Gasteiger partial charge on any atom is -0.338 e. The molecule has 2 aromatic carbocycles. The van der Waals surface area contributed by atoms with Crippen LogP contribution in [0.15, 0.2) is 60.9 Å². The molecule has 0 atom stereocenters. The summed E-state index contributed by atoms with van der Waals surface area (Å²) >= 11 is 0. The molecule has 0 unspecified atom stereocenters. The molecule has 0 aliphatic heterocycles. The number of halogens is 4. The summed E-state index contributed by atoms with van der Waals surface area (Å²) in [6, 6.07) is 10.1. The molecule has 3 rings (SSSR count). The number of nitrogens with zero attached hydrogens (tertiary/aromatic N) is 2. The van der Waals surface area contributed by atoms with E-state index in [9.17, 15) is 22.4 Å². The lowest BCUT2D eigenvalue weighted by Gasteiger charge is -2.13. The minimum absolute atomic E-state index is 0.0463. The van der Waals surface area contributed by atoms with Crippen molar-refractivity contribution in [1.29, 1.82) is 0 Å². The van der Waals surface area contributed by atoms with Gasteiger partial charge in [0.05, 0.1) is 23.6 Å². The van der Waals surface area contributed by atoms with Crippen LogP contribution in [-0.2, 0) is 6.18 Å². The van der Waals surface area contributed by atoms with Gasteiger partial charge in [-0.3, -0.25) is 4.79 Å². The number of para-hydroxylation sites is 1. The van der Waals surface area contributed by atoms with E-state index in [0.29, 0.717) is 5.69 Å². The predicted molar refractivity (Wildman–Crippen MR) is 91.1 cm³/mol. The maximum absolute atomic E-state index is 13.0. The van der Waals surface area contributed by atoms with E-state index in [4.69, 9.17) is 0 Å². The monoisotopic (exact) mass is 376 g/mol. The van der Waals surface area contributed by atoms with Crippen molar-refractivity contribution in [2.24, 2.45) is 0 Å². The van der Waals surface area contributed by atoms with E-state index >= 15 is 0 Å². The van der Waals surface area contributed by atoms with Crippen LogP contribution in [0.4, 0.5) is 34.8 Å². The van der Waals surface area contributed by atoms with Crippen LogP contribution in [0.25, 0.3) is 0 Å². The van der Waals surface area contributed by atoms with Crippen LogP contribution in [0.5, 0.6) is 0 Å². The van der Waals surface area contributed by atoms with Crippen molar-refractivity contribution in [1.82, 2.24) is 9.97 Å². The lowest BCUT2D eigenvalue weighted by atomic mass is 10.1. The van der Waals surface area contributed by atoms with Crippen molar-refractivity contribution in [2.75, 3.05) is 10.6 Å². The highest BCUT2D eigenvalue weighted by Crippen LogP contribution is 2.35. The van der Waals surface area contributed by atoms with E-state index in [1.807, 2.05) is 0 Å². The summed E-state index contributed by atoms with van der Waals surface area (Å²) in [6.45, 7) is 0. The summed E-state index contributed by atoms with van der Waals surface area (Å²) in [5, 5.41) is 5.04. The van der Waals surface area contributed by atoms with Gasteiger partial charge in [-0.15, -0.1) is 0 Å². The van der Waals surface area contributed by atoms with Crippen LogP contribution in [0.1, 0.15) is 16.1 Å². The second-order valence-electron chi connectivity index (χ2n) is 5.42. The molecule has 0 aliphatic carbocycles. The van der Waals surface area contributed by atoms with Gasteiger partial charge >= 0.3 is 6.18 Å². The molecule has 1 aromatic heterocycles. The van der Waals surface area contributed by atoms with Crippen molar-refractivity contribution in [3.63, 3.8) is 0 Å². The molecule has 1 heterocycles. The number of aromatic nitrogens is 2. The molecule has 2 N–H and O–H groups in total. The highest BCUT2D eigenvalue weighted by Gasteiger charge is 2.33. The fourth-order valence-corrected chi connectivity index (χ4v) is 2.22. The molecule has 0 saturated carbocycles. The first-order valence-corrected chi connectivity index (χ1v) is 7.65. The number of carbonyl (C=O) groups excluding carboxylic acids is 1. The number of alkyl halides is 3. The Bertz CT molecular complexity index is 941. The van der Waals surface area contributed by atoms with Gasteiger partial charge in [-0.1, -0.05) is 12.1 Å². The zero-order valence-corrected chi connectivity index (χ0v) is 13.6. The maximum atomic E-state index is 13.0. The van der Waals surface area contributed by atoms with E-state index < -0.39 is 23.5 Å². The van der Waals surface area contributed by atoms with E-state index in [1.165, 1.54) is 42.5 Å². The highest BCUT2D eigenvalue weighted by atomic mass is 19.4. The number of nitrogens with one attached hydrogen (secondary N) is 2. The SMILES string of the molecule is O=C(Nc1ccc(F)cc1)c1cnc(Nc2ccccc2C(F)(F)F)cn1. The predicted octanol–water partition coefficient (Wildman–Crippen LogP) is 4.63. The minimum atomic E-state index is -4.52. The molecule has 0 bridgehead atoms. The van der Waals surface area contributed by atoms with Crippen LogP contribution < -0.4 is 10.6 Å². The maximum Gasteiger partial charge on any atom is 0.418 e. The average molecular weight is 376 g/mol. The van der Waals surface area contributed by atoms with Crippen molar-refractivity contribution in [3.05, 3.63) is 78.0 Å². The van der Waals surface area contributed by atoms with Crippen LogP contribution in [-0.4, -0.2) is 15.9 Å². The molecule has 0 aliphatic rings. The quantitative estimate of drug-likeness (QED) is 0.652. The summed E-state index contributed by atoms with van der Waals surface area (Å²) in [5.74, 6) is -0.983. The third kappa shape index (κ3) is 4.57. The van der Waals surface area contributed by atoms with Gasteiger partial charge in [0.25, 0.3) is 5.91 Å². The first-order valence-electron chi connectivity index (χ1n) is 7.65. The first-order chi connectivity index (χ1) is 12.8. The fourth-order valence-electron chi connectivity index (χ4n) is 2.22. The van der Waals surface area contributed by atoms with Gasteiger partial charge < -0.3 is 10.6 Å². The molecule has 9 heteroatoms. The molecule has 27 heavy (non-hydrogen) atoms. The van der Waals surface area contributed by atoms with E-state index in [-0.39, 0.29) is 17.2 Å². The number of anilines is 3. The summed E-state index contributed by atoms with van der Waals surface area (Å²) in [5.41, 5.74) is -0.703. The Morgan fingerprint density at radius 2 is 1.63 bits per heavy atom. The van der Waals surface area contributed by atoms with Gasteiger partial charge in [0, 0.05) is 5.69 Å². The standard InChI is InChI=1S/C18H12F4N4O/c19-11-5-7-12(8-6-11)25-17(27)15-9-24-16(10-23-15)26-14-4-2-1-3-13(14)18(20,21)22/h1-10H,(H,24,26)(H,25,27). The molecular formula is C18H12F4N4O. The fraction of sp³-hybridized carbons (Fsp3) is 0.0556. The lowest BCUT2D eigenvalue weighted by Crippen LogP contribution is -2.14. The summed E-state index contributed by atoms with van der Waals surface area (Å²) < 4.78 is 51.9. The van der Waals surface area contributed by atoms with Crippen molar-refractivity contribution in [3.8, 4) is 0 Å². The van der Waals surface area contributed by atoms with Gasteiger partial charge in [-0.2, -0.15) is 13.2 Å². The molecule has 5 nitrogen and oxygen atoms in total. The average Bonchev–Trinajstić information content (AvgIpc) is 2.64. The third-order valence-corrected chi connectivity index (χ3v) is 3.48. The molecule has 1 amide bonds. The van der Waals surface area contributed by atoms with E-state index in [0.717, 1.165) is 18.5 Å². The third-order valence-electron chi connectivity index (χ3n) is 3.48. The van der Waals surface area contributed by atoms with Gasteiger partial charge in [-0.25, -0.2) is 14.4 Å². The van der Waals surface area contributed by atoms with Gasteiger partial charge in [0.2, 0.25) is 0 Å². The molecule has 0 radical (unpaired) electrons. The van der Waals surface area contributed by atoms with Gasteiger partial charge in [0.15, 0.2) is 0 Å². The van der Waals surface area contributed by atoms with Crippen LogP contribution in [0.3, 0.4) is 0 Å². The number of amides is 1. The van der Waals surface area contributed by atoms with Crippen LogP contribution >= 0.6 is 0 Å². The van der Waals surface area contributed by atoms with Crippen LogP contribution in [0, 0.1) is 5.82 Å². The number of hydrogen-bond donors (Lipinski definition) is 2. The number of benzene rings is 2. The van der Waals surface area contributed by atoms with Crippen molar-refractivity contribution in [2.45, 2.75) is 6.18 Å². The second kappa shape index (κ2) is 7.40. The highest BCUT2D eigenvalue weighted by molar-refractivity contribution is 6.02. The smallest absolute Gasteiger partial charge is 0.338 e. The zero-order valence-electron chi connectivity index (χ0n) is 13.6. The number of hydrogen-bond acceptors (Lipinski definition) is 4. The molecule has 0 saturated heterocycles. The Morgan fingerprint density at radius 1 is 0.926 bits per heavy atom. The Labute approximate surface area is 151 Å². The van der Waals surface area contributed by atoms with Gasteiger partial charge in [-0.05, 0) is 36.4 Å². The van der Waals surface area contributed by atoms with E-state index in [2.05, 4.69) is 20.6 Å². The largest absolute Gasteiger partial charge is 0.418 e. The Kier molecular flexibility index (Phi) is 5.02. The summed E-state index contributed by atoms with van der Waals surface area (Å²) in [6.07, 6.45) is -2.25. The Hall–Kier alpha value is -3.49. The molecule has 3 aromatic rings. The Morgan fingerprint density at radius 3 is 2.26 bits per heavy atom. The van der Waals surface area contributed by atoms with Crippen molar-refractivity contribution < 1.29 is 22.4 Å². The Balaban J connectivity index is 1.72. The summed E-state index contributed by atoms with van der Waals surface area (Å²) in [4.78, 5) is 19.9. The number of carbonyl (C=O) groups is 1. The lowest BCUT2D eigenvalue weighted by molar-refractivity contribution is -0.136. The molecule has 0 fully saturated rings. The number of rotatable bonds is 4.